The summed E-state index contributed by atoms with van der Waals surface area (Å²) in [5, 5.41) is 14.2. The Morgan fingerprint density at radius 2 is 2.05 bits per heavy atom. The Kier molecular flexibility index (Phi) is 5.98. The van der Waals surface area contributed by atoms with E-state index in [2.05, 4.69) is 21.2 Å². The van der Waals surface area contributed by atoms with Crippen LogP contribution in [0, 0.1) is 16.0 Å². The van der Waals surface area contributed by atoms with Crippen molar-refractivity contribution in [3.63, 3.8) is 0 Å². The average Bonchev–Trinajstić information content (AvgIpc) is 2.91. The largest absolute Gasteiger partial charge is 0.313 e. The maximum Gasteiger partial charge on any atom is 0.270 e. The number of non-ortho nitro benzene ring substituents is 1. The Hall–Kier alpha value is -0.940. The molecule has 0 heterocycles. The molecule has 1 aliphatic rings. The number of rotatable bonds is 7. The minimum atomic E-state index is -0.353. The first kappa shape index (κ1) is 15.4. The molecule has 5 heteroatoms. The lowest BCUT2D eigenvalue weighted by Crippen LogP contribution is -2.15. The van der Waals surface area contributed by atoms with Gasteiger partial charge in [0, 0.05) is 23.2 Å². The van der Waals surface area contributed by atoms with Gasteiger partial charge in [-0.1, -0.05) is 41.6 Å². The van der Waals surface area contributed by atoms with Crippen LogP contribution in [0.3, 0.4) is 0 Å². The Balaban J connectivity index is 1.71. The van der Waals surface area contributed by atoms with Gasteiger partial charge in [-0.15, -0.1) is 0 Å². The summed E-state index contributed by atoms with van der Waals surface area (Å²) in [6.45, 7) is 1.67. The number of hydrogen-bond acceptors (Lipinski definition) is 3. The lowest BCUT2D eigenvalue weighted by Gasteiger charge is -2.09. The summed E-state index contributed by atoms with van der Waals surface area (Å²) in [5.74, 6) is 0.934. The highest BCUT2D eigenvalue weighted by Crippen LogP contribution is 2.28. The quantitative estimate of drug-likeness (QED) is 0.454. The maximum atomic E-state index is 10.8. The molecule has 1 aromatic rings. The van der Waals surface area contributed by atoms with Crippen LogP contribution in [0.25, 0.3) is 0 Å². The molecule has 0 bridgehead atoms. The minimum Gasteiger partial charge on any atom is -0.313 e. The summed E-state index contributed by atoms with van der Waals surface area (Å²) < 4.78 is 0.759. The second kappa shape index (κ2) is 7.74. The summed E-state index contributed by atoms with van der Waals surface area (Å²) in [4.78, 5) is 10.4. The molecule has 1 aromatic carbocycles. The molecule has 0 amide bonds. The van der Waals surface area contributed by atoms with Gasteiger partial charge in [-0.3, -0.25) is 10.1 Å². The highest BCUT2D eigenvalue weighted by Gasteiger charge is 2.14. The van der Waals surface area contributed by atoms with E-state index in [-0.39, 0.29) is 10.6 Å². The Morgan fingerprint density at radius 3 is 2.75 bits per heavy atom. The highest BCUT2D eigenvalue weighted by molar-refractivity contribution is 9.10. The van der Waals surface area contributed by atoms with Crippen LogP contribution in [0.1, 0.15) is 44.1 Å². The van der Waals surface area contributed by atoms with Crippen LogP contribution in [0.2, 0.25) is 0 Å². The number of hydrogen-bond donors (Lipinski definition) is 1. The predicted octanol–water partition coefficient (Wildman–Crippen LogP) is 4.42. The van der Waals surface area contributed by atoms with E-state index >= 15 is 0 Å². The van der Waals surface area contributed by atoms with Crippen LogP contribution < -0.4 is 5.32 Å². The summed E-state index contributed by atoms with van der Waals surface area (Å²) >= 11 is 3.32. The predicted molar refractivity (Wildman–Crippen MR) is 83.7 cm³/mol. The fraction of sp³-hybridized carbons (Fsp3) is 0.600. The molecule has 0 atom stereocenters. The smallest absolute Gasteiger partial charge is 0.270 e. The van der Waals surface area contributed by atoms with E-state index < -0.39 is 0 Å². The first-order valence-corrected chi connectivity index (χ1v) is 8.09. The van der Waals surface area contributed by atoms with Crippen molar-refractivity contribution in [2.24, 2.45) is 5.92 Å². The van der Waals surface area contributed by atoms with Gasteiger partial charge in [0.1, 0.15) is 0 Å². The van der Waals surface area contributed by atoms with Crippen molar-refractivity contribution in [1.29, 1.82) is 0 Å². The molecule has 0 aliphatic heterocycles. The van der Waals surface area contributed by atoms with Gasteiger partial charge >= 0.3 is 0 Å². The lowest BCUT2D eigenvalue weighted by molar-refractivity contribution is -0.385. The van der Waals surface area contributed by atoms with Crippen molar-refractivity contribution in [3.8, 4) is 0 Å². The zero-order chi connectivity index (χ0) is 14.4. The van der Waals surface area contributed by atoms with Crippen molar-refractivity contribution in [2.75, 3.05) is 6.54 Å². The van der Waals surface area contributed by atoms with Gasteiger partial charge in [-0.05, 0) is 36.9 Å². The number of nitro benzene ring substituents is 1. The number of nitrogens with zero attached hydrogens (tertiary/aromatic N) is 1. The average molecular weight is 341 g/mol. The molecule has 0 unspecified atom stereocenters. The van der Waals surface area contributed by atoms with Gasteiger partial charge in [0.2, 0.25) is 0 Å². The van der Waals surface area contributed by atoms with E-state index in [1.54, 1.807) is 6.07 Å². The van der Waals surface area contributed by atoms with E-state index in [9.17, 15) is 10.1 Å². The van der Waals surface area contributed by atoms with Crippen LogP contribution in [0.5, 0.6) is 0 Å². The lowest BCUT2D eigenvalue weighted by atomic mass is 10.0. The molecule has 0 aromatic heterocycles. The zero-order valence-electron chi connectivity index (χ0n) is 11.6. The molecule has 20 heavy (non-hydrogen) atoms. The van der Waals surface area contributed by atoms with Crippen LogP contribution >= 0.6 is 15.9 Å². The summed E-state index contributed by atoms with van der Waals surface area (Å²) in [7, 11) is 0. The minimum absolute atomic E-state index is 0.141. The summed E-state index contributed by atoms with van der Waals surface area (Å²) in [6.07, 6.45) is 8.11. The third-order valence-corrected chi connectivity index (χ3v) is 4.38. The Morgan fingerprint density at radius 1 is 1.30 bits per heavy atom. The fourth-order valence-electron chi connectivity index (χ4n) is 2.89. The molecule has 0 spiro atoms. The molecular formula is C15H21BrN2O2. The third-order valence-electron chi connectivity index (χ3n) is 3.92. The van der Waals surface area contributed by atoms with Gasteiger partial charge in [0.25, 0.3) is 5.69 Å². The van der Waals surface area contributed by atoms with Gasteiger partial charge in [0.05, 0.1) is 4.92 Å². The number of nitro groups is 1. The fourth-order valence-corrected chi connectivity index (χ4v) is 3.42. The topological polar surface area (TPSA) is 55.2 Å². The SMILES string of the molecule is O=[N+]([O-])c1cc(Br)cc(CNCCCC2CCCC2)c1. The second-order valence-corrected chi connectivity index (χ2v) is 6.46. The van der Waals surface area contributed by atoms with Gasteiger partial charge in [-0.25, -0.2) is 0 Å². The van der Waals surface area contributed by atoms with Crippen molar-refractivity contribution < 1.29 is 4.92 Å². The number of nitrogens with one attached hydrogen (secondary N) is 1. The Labute approximate surface area is 128 Å². The monoisotopic (exact) mass is 340 g/mol. The van der Waals surface area contributed by atoms with Crippen molar-refractivity contribution in [2.45, 2.75) is 45.1 Å². The zero-order valence-corrected chi connectivity index (χ0v) is 13.2. The van der Waals surface area contributed by atoms with Crippen LogP contribution in [0.15, 0.2) is 22.7 Å². The van der Waals surface area contributed by atoms with E-state index in [0.29, 0.717) is 6.54 Å². The standard InChI is InChI=1S/C15H21BrN2O2/c16-14-8-13(9-15(10-14)18(19)20)11-17-7-3-6-12-4-1-2-5-12/h8-10,12,17H,1-7,11H2. The molecule has 2 rings (SSSR count). The normalized spacial score (nSPS) is 15.7. The first-order valence-electron chi connectivity index (χ1n) is 7.30. The molecule has 1 fully saturated rings. The molecule has 4 nitrogen and oxygen atoms in total. The molecule has 1 aliphatic carbocycles. The number of benzene rings is 1. The van der Waals surface area contributed by atoms with Crippen molar-refractivity contribution in [1.82, 2.24) is 5.32 Å². The molecule has 0 radical (unpaired) electrons. The van der Waals surface area contributed by atoms with Crippen molar-refractivity contribution >= 4 is 21.6 Å². The molecule has 0 saturated heterocycles. The van der Waals surface area contributed by atoms with E-state index in [0.717, 1.165) is 22.5 Å². The van der Waals surface area contributed by atoms with Crippen LogP contribution in [0.4, 0.5) is 5.69 Å². The highest BCUT2D eigenvalue weighted by atomic mass is 79.9. The van der Waals surface area contributed by atoms with E-state index in [1.165, 1.54) is 44.6 Å². The van der Waals surface area contributed by atoms with E-state index in [1.807, 2.05) is 6.07 Å². The second-order valence-electron chi connectivity index (χ2n) is 5.54. The number of halogens is 1. The summed E-state index contributed by atoms with van der Waals surface area (Å²) in [5.41, 5.74) is 1.09. The van der Waals surface area contributed by atoms with E-state index in [4.69, 9.17) is 0 Å². The molecular weight excluding hydrogens is 320 g/mol. The molecule has 1 saturated carbocycles. The van der Waals surface area contributed by atoms with Gasteiger partial charge in [-0.2, -0.15) is 0 Å². The summed E-state index contributed by atoms with van der Waals surface area (Å²) in [6, 6.07) is 5.09. The Bertz CT molecular complexity index is 459. The van der Waals surface area contributed by atoms with Gasteiger partial charge in [0.15, 0.2) is 0 Å². The molecule has 1 N–H and O–H groups in total. The maximum absolute atomic E-state index is 10.8. The molecule has 110 valence electrons. The van der Waals surface area contributed by atoms with Crippen LogP contribution in [-0.2, 0) is 6.54 Å². The van der Waals surface area contributed by atoms with Gasteiger partial charge < -0.3 is 5.32 Å². The first-order chi connectivity index (χ1) is 9.65. The third kappa shape index (κ3) is 4.87. The van der Waals surface area contributed by atoms with Crippen LogP contribution in [-0.4, -0.2) is 11.5 Å². The van der Waals surface area contributed by atoms with Crippen molar-refractivity contribution in [3.05, 3.63) is 38.3 Å².